The van der Waals surface area contributed by atoms with Gasteiger partial charge in [-0.2, -0.15) is 38.3 Å². The maximum atomic E-state index is 11.4. The summed E-state index contributed by atoms with van der Waals surface area (Å²) < 4.78 is 51.5. The number of anilines is 6. The summed E-state index contributed by atoms with van der Waals surface area (Å²) in [5.41, 5.74) is 5.04. The molecule has 0 saturated heterocycles. The zero-order valence-corrected chi connectivity index (χ0v) is 22.4. The van der Waals surface area contributed by atoms with E-state index in [2.05, 4.69) is 62.0 Å². The highest BCUT2D eigenvalue weighted by Crippen LogP contribution is 2.16. The SMILES string of the molecule is CC(O)(Nc1nc(NCC(O)CO)nc(NNc2nc(NCCS(=O)(=O)O)nc(NCC(O)CO)n2)n1)S(=O)O. The highest BCUT2D eigenvalue weighted by molar-refractivity contribution is 7.85. The highest BCUT2D eigenvalue weighted by Gasteiger charge is 2.29. The molecule has 226 valence electrons. The lowest BCUT2D eigenvalue weighted by Crippen LogP contribution is -2.39. The Bertz CT molecular complexity index is 1240. The average Bonchev–Trinajstić information content (AvgIpc) is 2.88. The predicted octanol–water partition coefficient (Wildman–Crippen LogP) is -4.37. The Morgan fingerprint density at radius 2 is 1.20 bits per heavy atom. The van der Waals surface area contributed by atoms with Gasteiger partial charge in [0, 0.05) is 19.6 Å². The maximum Gasteiger partial charge on any atom is 0.266 e. The first kappa shape index (κ1) is 32.8. The minimum Gasteiger partial charge on any atom is -0.394 e. The number of aliphatic hydroxyl groups is 5. The Balaban J connectivity index is 2.29. The van der Waals surface area contributed by atoms with Crippen molar-refractivity contribution in [1.82, 2.24) is 29.9 Å². The summed E-state index contributed by atoms with van der Waals surface area (Å²) in [5, 5.41) is 54.8. The number of nitrogens with one attached hydrogen (secondary N) is 6. The fraction of sp³-hybridized carbons (Fsp3) is 0.625. The second kappa shape index (κ2) is 14.9. The third-order valence-electron chi connectivity index (χ3n) is 4.30. The molecular weight excluding hydrogens is 584 g/mol. The monoisotopic (exact) mass is 614 g/mol. The molecule has 4 atom stereocenters. The zero-order valence-electron chi connectivity index (χ0n) is 20.8. The van der Waals surface area contributed by atoms with Crippen molar-refractivity contribution in [2.24, 2.45) is 0 Å². The van der Waals surface area contributed by atoms with Crippen LogP contribution in [0.3, 0.4) is 0 Å². The van der Waals surface area contributed by atoms with Gasteiger partial charge in [-0.15, -0.1) is 0 Å². The van der Waals surface area contributed by atoms with Crippen molar-refractivity contribution in [2.75, 3.05) is 70.7 Å². The summed E-state index contributed by atoms with van der Waals surface area (Å²) in [5.74, 6) is -2.02. The first-order chi connectivity index (χ1) is 18.7. The van der Waals surface area contributed by atoms with Gasteiger partial charge in [0.1, 0.15) is 0 Å². The van der Waals surface area contributed by atoms with Crippen LogP contribution in [-0.4, -0.2) is 133 Å². The van der Waals surface area contributed by atoms with Gasteiger partial charge < -0.3 is 51.4 Å². The predicted molar refractivity (Wildman–Crippen MR) is 140 cm³/mol. The largest absolute Gasteiger partial charge is 0.394 e. The van der Waals surface area contributed by atoms with Crippen LogP contribution in [0.2, 0.25) is 0 Å². The molecule has 2 rings (SSSR count). The molecule has 0 radical (unpaired) electrons. The molecule has 22 nitrogen and oxygen atoms in total. The molecule has 0 fully saturated rings. The van der Waals surface area contributed by atoms with Crippen LogP contribution < -0.4 is 32.1 Å². The van der Waals surface area contributed by atoms with Crippen molar-refractivity contribution >= 4 is 56.9 Å². The summed E-state index contributed by atoms with van der Waals surface area (Å²) in [7, 11) is -4.28. The third kappa shape index (κ3) is 11.8. The smallest absolute Gasteiger partial charge is 0.266 e. The first-order valence-electron chi connectivity index (χ1n) is 11.1. The Kier molecular flexibility index (Phi) is 12.2. The molecule has 0 amide bonds. The number of rotatable bonds is 18. The van der Waals surface area contributed by atoms with Crippen molar-refractivity contribution in [3.63, 3.8) is 0 Å². The van der Waals surface area contributed by atoms with Gasteiger partial charge in [0.15, 0.2) is 0 Å². The molecule has 40 heavy (non-hydrogen) atoms. The van der Waals surface area contributed by atoms with Crippen LogP contribution in [-0.2, 0) is 21.2 Å². The van der Waals surface area contributed by atoms with Crippen LogP contribution in [0.15, 0.2) is 0 Å². The van der Waals surface area contributed by atoms with Crippen molar-refractivity contribution in [3.8, 4) is 0 Å². The van der Waals surface area contributed by atoms with E-state index in [0.29, 0.717) is 0 Å². The van der Waals surface area contributed by atoms with Gasteiger partial charge in [0.05, 0.1) is 31.2 Å². The van der Waals surface area contributed by atoms with E-state index in [9.17, 15) is 32.5 Å². The van der Waals surface area contributed by atoms with Crippen molar-refractivity contribution in [3.05, 3.63) is 0 Å². The molecule has 0 bridgehead atoms. The number of hydrogen-bond donors (Lipinski definition) is 13. The average molecular weight is 615 g/mol. The van der Waals surface area contributed by atoms with Crippen LogP contribution in [0.1, 0.15) is 6.92 Å². The Morgan fingerprint density at radius 1 is 0.800 bits per heavy atom. The molecular formula is C16H30N12O10S2. The minimum absolute atomic E-state index is 0.124. The van der Waals surface area contributed by atoms with Crippen molar-refractivity contribution < 1.29 is 47.3 Å². The normalized spacial score (nSPS) is 15.3. The van der Waals surface area contributed by atoms with E-state index >= 15 is 0 Å². The Hall–Kier alpha value is -3.36. The maximum absolute atomic E-state index is 11.4. The molecule has 0 spiro atoms. The summed E-state index contributed by atoms with van der Waals surface area (Å²) >= 11 is -2.77. The molecule has 2 aromatic heterocycles. The lowest BCUT2D eigenvalue weighted by Gasteiger charge is -2.21. The van der Waals surface area contributed by atoms with Gasteiger partial charge >= 0.3 is 0 Å². The Morgan fingerprint density at radius 3 is 1.62 bits per heavy atom. The summed E-state index contributed by atoms with van der Waals surface area (Å²) in [6, 6.07) is 0. The molecule has 0 aliphatic carbocycles. The van der Waals surface area contributed by atoms with E-state index in [0.717, 1.165) is 6.92 Å². The quantitative estimate of drug-likeness (QED) is 0.0326. The van der Waals surface area contributed by atoms with Crippen molar-refractivity contribution in [1.29, 1.82) is 0 Å². The summed E-state index contributed by atoms with van der Waals surface area (Å²) in [4.78, 5) is 23.9. The van der Waals surface area contributed by atoms with Crippen LogP contribution in [0.4, 0.5) is 35.7 Å². The first-order valence-corrected chi connectivity index (χ1v) is 13.8. The zero-order chi connectivity index (χ0) is 29.9. The molecule has 24 heteroatoms. The van der Waals surface area contributed by atoms with E-state index in [4.69, 9.17) is 14.8 Å². The lowest BCUT2D eigenvalue weighted by atomic mass is 10.4. The fourth-order valence-corrected chi connectivity index (χ4v) is 2.90. The molecule has 0 saturated carbocycles. The van der Waals surface area contributed by atoms with E-state index in [1.807, 2.05) is 0 Å². The Labute approximate surface area is 229 Å². The van der Waals surface area contributed by atoms with Gasteiger partial charge in [-0.1, -0.05) is 0 Å². The molecule has 2 aromatic rings. The molecule has 0 aliphatic rings. The van der Waals surface area contributed by atoms with E-state index < -0.39 is 63.4 Å². The van der Waals surface area contributed by atoms with E-state index in [1.165, 1.54) is 0 Å². The second-order valence-electron chi connectivity index (χ2n) is 7.87. The molecule has 13 N–H and O–H groups in total. The number of hydrogen-bond acceptors (Lipinski definition) is 20. The molecule has 0 aromatic carbocycles. The van der Waals surface area contributed by atoms with Gasteiger partial charge in [-0.3, -0.25) is 15.4 Å². The van der Waals surface area contributed by atoms with Gasteiger partial charge in [-0.25, -0.2) is 4.21 Å². The van der Waals surface area contributed by atoms with Crippen LogP contribution >= 0.6 is 0 Å². The number of hydrazine groups is 1. The van der Waals surface area contributed by atoms with Crippen molar-refractivity contribution in [2.45, 2.75) is 24.2 Å². The van der Waals surface area contributed by atoms with E-state index in [-0.39, 0.29) is 49.4 Å². The van der Waals surface area contributed by atoms with E-state index in [1.54, 1.807) is 0 Å². The number of aliphatic hydroxyl groups excluding tert-OH is 4. The topological polar surface area (TPSA) is 342 Å². The van der Waals surface area contributed by atoms with Gasteiger partial charge in [0.2, 0.25) is 51.8 Å². The summed E-state index contributed by atoms with van der Waals surface area (Å²) in [6.07, 6.45) is -2.33. The van der Waals surface area contributed by atoms with Crippen LogP contribution in [0.5, 0.6) is 0 Å². The summed E-state index contributed by atoms with van der Waals surface area (Å²) in [6.45, 7) is -0.790. The fourth-order valence-electron chi connectivity index (χ4n) is 2.36. The van der Waals surface area contributed by atoms with Crippen LogP contribution in [0.25, 0.3) is 0 Å². The molecule has 0 aliphatic heterocycles. The highest BCUT2D eigenvalue weighted by atomic mass is 32.2. The molecule has 4 unspecified atom stereocenters. The van der Waals surface area contributed by atoms with Crippen LogP contribution in [0, 0.1) is 0 Å². The molecule has 2 heterocycles. The number of aromatic nitrogens is 6. The standard InChI is InChI=1S/C16H30N12O10S2/c1-16(33,39(34)35)26-13-21-12(19-5-9(32)7-30)24-15(25-13)28-27-14-22-10(17-2-3-40(36,37)38)20-11(23-14)18-4-8(31)6-29/h8-9,29-33H,2-7H2,1H3,(H,34,35)(H,36,37,38)(H3,17,18,20,22,23,27)(H3,19,21,24,25,26,28). The number of nitrogens with zero attached hydrogens (tertiary/aromatic N) is 6. The second-order valence-corrected chi connectivity index (χ2v) is 10.7. The van der Waals surface area contributed by atoms with Gasteiger partial charge in [-0.05, 0) is 6.92 Å². The minimum atomic E-state index is -4.28. The van der Waals surface area contributed by atoms with Gasteiger partial charge in [0.25, 0.3) is 10.1 Å². The lowest BCUT2D eigenvalue weighted by molar-refractivity contribution is 0.105. The third-order valence-corrected chi connectivity index (χ3v) is 5.80.